The van der Waals surface area contributed by atoms with E-state index in [0.29, 0.717) is 10.0 Å². The van der Waals surface area contributed by atoms with Crippen molar-refractivity contribution in [3.63, 3.8) is 0 Å². The molecule has 3 N–H and O–H groups in total. The predicted molar refractivity (Wildman–Crippen MR) is 108 cm³/mol. The number of nitrogens with zero attached hydrogens (tertiary/aromatic N) is 3. The molecule has 0 atom stereocenters. The number of hydrogen-bond acceptors (Lipinski definition) is 5. The van der Waals surface area contributed by atoms with E-state index in [4.69, 9.17) is 43.0 Å². The zero-order valence-corrected chi connectivity index (χ0v) is 16.7. The van der Waals surface area contributed by atoms with Gasteiger partial charge in [0.05, 0.1) is 15.7 Å². The SMILES string of the molecule is Clc1ccc(-n2ccc(NCCN3CCCCC3)n2)cc1Cl.O=C(O)C(=O)O. The lowest BCUT2D eigenvalue weighted by Crippen LogP contribution is -2.33. The highest BCUT2D eigenvalue weighted by molar-refractivity contribution is 6.42. The van der Waals surface area contributed by atoms with E-state index in [-0.39, 0.29) is 0 Å². The molecular weight excluding hydrogens is 407 g/mol. The van der Waals surface area contributed by atoms with Crippen LogP contribution >= 0.6 is 23.2 Å². The van der Waals surface area contributed by atoms with Gasteiger partial charge in [-0.3, -0.25) is 0 Å². The second-order valence-electron chi connectivity index (χ2n) is 6.18. The van der Waals surface area contributed by atoms with Crippen LogP contribution in [0, 0.1) is 0 Å². The Balaban J connectivity index is 0.000000409. The molecule has 2 heterocycles. The summed E-state index contributed by atoms with van der Waals surface area (Å²) in [4.78, 5) is 20.7. The molecule has 28 heavy (non-hydrogen) atoms. The largest absolute Gasteiger partial charge is 0.473 e. The van der Waals surface area contributed by atoms with E-state index < -0.39 is 11.9 Å². The minimum atomic E-state index is -1.82. The van der Waals surface area contributed by atoms with Gasteiger partial charge in [-0.15, -0.1) is 0 Å². The molecule has 1 aliphatic heterocycles. The average Bonchev–Trinajstić information content (AvgIpc) is 3.14. The highest BCUT2D eigenvalue weighted by atomic mass is 35.5. The highest BCUT2D eigenvalue weighted by Gasteiger charge is 2.09. The Morgan fingerprint density at radius 1 is 1.04 bits per heavy atom. The van der Waals surface area contributed by atoms with Gasteiger partial charge < -0.3 is 20.4 Å². The molecule has 1 aromatic carbocycles. The van der Waals surface area contributed by atoms with Gasteiger partial charge in [0.1, 0.15) is 5.82 Å². The van der Waals surface area contributed by atoms with E-state index in [1.807, 2.05) is 24.4 Å². The maximum absolute atomic E-state index is 9.10. The van der Waals surface area contributed by atoms with E-state index >= 15 is 0 Å². The second kappa shape index (κ2) is 10.9. The Morgan fingerprint density at radius 3 is 2.32 bits per heavy atom. The Kier molecular flexibility index (Phi) is 8.56. The summed E-state index contributed by atoms with van der Waals surface area (Å²) in [5.41, 5.74) is 0.901. The van der Waals surface area contributed by atoms with Crippen molar-refractivity contribution in [3.05, 3.63) is 40.5 Å². The summed E-state index contributed by atoms with van der Waals surface area (Å²) in [5, 5.41) is 23.8. The molecule has 10 heteroatoms. The monoisotopic (exact) mass is 428 g/mol. The van der Waals surface area contributed by atoms with Gasteiger partial charge in [0.25, 0.3) is 0 Å². The van der Waals surface area contributed by atoms with Crippen LogP contribution in [-0.2, 0) is 9.59 Å². The molecule has 1 saturated heterocycles. The van der Waals surface area contributed by atoms with Crippen molar-refractivity contribution in [2.45, 2.75) is 19.3 Å². The molecular formula is C18H22Cl2N4O4. The van der Waals surface area contributed by atoms with Crippen LogP contribution < -0.4 is 5.32 Å². The lowest BCUT2D eigenvalue weighted by Gasteiger charge is -2.26. The van der Waals surface area contributed by atoms with Crippen LogP contribution in [0.2, 0.25) is 10.0 Å². The standard InChI is InChI=1S/C16H20Cl2N4.C2H2O4/c17-14-5-4-13(12-15(14)18)22-10-6-16(20-22)19-7-11-21-8-2-1-3-9-21;3-1(4)2(5)6/h4-6,10,12H,1-3,7-9,11H2,(H,19,20);(H,3,4)(H,5,6). The minimum absolute atomic E-state index is 0.536. The van der Waals surface area contributed by atoms with Gasteiger partial charge in [0.15, 0.2) is 0 Å². The van der Waals surface area contributed by atoms with Crippen LogP contribution in [0.4, 0.5) is 5.82 Å². The van der Waals surface area contributed by atoms with Crippen LogP contribution in [0.15, 0.2) is 30.5 Å². The Morgan fingerprint density at radius 2 is 1.71 bits per heavy atom. The number of aliphatic carboxylic acids is 2. The third kappa shape index (κ3) is 7.03. The molecule has 1 fully saturated rings. The summed E-state index contributed by atoms with van der Waals surface area (Å²) in [7, 11) is 0. The summed E-state index contributed by atoms with van der Waals surface area (Å²) in [6.45, 7) is 4.43. The fraction of sp³-hybridized carbons (Fsp3) is 0.389. The molecule has 0 unspecified atom stereocenters. The quantitative estimate of drug-likeness (QED) is 0.627. The van der Waals surface area contributed by atoms with Gasteiger partial charge in [-0.05, 0) is 44.1 Å². The number of carboxylic acids is 2. The van der Waals surface area contributed by atoms with Crippen molar-refractivity contribution in [1.29, 1.82) is 0 Å². The lowest BCUT2D eigenvalue weighted by molar-refractivity contribution is -0.159. The Labute approximate surface area is 172 Å². The van der Waals surface area contributed by atoms with Gasteiger partial charge in [-0.1, -0.05) is 29.6 Å². The highest BCUT2D eigenvalue weighted by Crippen LogP contribution is 2.24. The van der Waals surface area contributed by atoms with Gasteiger partial charge >= 0.3 is 11.9 Å². The minimum Gasteiger partial charge on any atom is -0.473 e. The third-order valence-corrected chi connectivity index (χ3v) is 4.86. The Bertz CT molecular complexity index is 795. The van der Waals surface area contributed by atoms with Crippen LogP contribution in [-0.4, -0.2) is 63.0 Å². The van der Waals surface area contributed by atoms with Gasteiger partial charge in [-0.2, -0.15) is 5.10 Å². The first-order chi connectivity index (χ1) is 13.4. The average molecular weight is 429 g/mol. The van der Waals surface area contributed by atoms with E-state index in [2.05, 4.69) is 15.3 Å². The smallest absolute Gasteiger partial charge is 0.414 e. The molecule has 0 saturated carbocycles. The van der Waals surface area contributed by atoms with Crippen molar-refractivity contribution >= 4 is 41.0 Å². The summed E-state index contributed by atoms with van der Waals surface area (Å²) in [6, 6.07) is 7.47. The summed E-state index contributed by atoms with van der Waals surface area (Å²) < 4.78 is 1.80. The fourth-order valence-electron chi connectivity index (χ4n) is 2.71. The first-order valence-electron chi connectivity index (χ1n) is 8.80. The molecule has 0 radical (unpaired) electrons. The summed E-state index contributed by atoms with van der Waals surface area (Å²) in [5.74, 6) is -2.77. The fourth-order valence-corrected chi connectivity index (χ4v) is 3.01. The van der Waals surface area contributed by atoms with Crippen molar-refractivity contribution in [3.8, 4) is 5.69 Å². The normalized spacial score (nSPS) is 14.1. The van der Waals surface area contributed by atoms with Gasteiger partial charge in [-0.25, -0.2) is 14.3 Å². The molecule has 8 nitrogen and oxygen atoms in total. The van der Waals surface area contributed by atoms with Crippen molar-refractivity contribution in [2.24, 2.45) is 0 Å². The first-order valence-corrected chi connectivity index (χ1v) is 9.56. The second-order valence-corrected chi connectivity index (χ2v) is 7.00. The van der Waals surface area contributed by atoms with E-state index in [1.165, 1.54) is 32.4 Å². The number of likely N-dealkylation sites (tertiary alicyclic amines) is 1. The van der Waals surface area contributed by atoms with Gasteiger partial charge in [0, 0.05) is 25.4 Å². The summed E-state index contributed by atoms with van der Waals surface area (Å²) >= 11 is 12.0. The number of carboxylic acid groups (broad SMARTS) is 2. The van der Waals surface area contributed by atoms with Crippen molar-refractivity contribution < 1.29 is 19.8 Å². The number of hydrogen-bond donors (Lipinski definition) is 3. The van der Waals surface area contributed by atoms with Crippen LogP contribution in [0.5, 0.6) is 0 Å². The molecule has 0 aliphatic carbocycles. The predicted octanol–water partition coefficient (Wildman–Crippen LogP) is 3.23. The zero-order valence-electron chi connectivity index (χ0n) is 15.1. The van der Waals surface area contributed by atoms with E-state index in [0.717, 1.165) is 24.6 Å². The maximum atomic E-state index is 9.10. The first kappa shape index (κ1) is 22.0. The van der Waals surface area contributed by atoms with Crippen LogP contribution in [0.3, 0.4) is 0 Å². The van der Waals surface area contributed by atoms with Crippen molar-refractivity contribution in [1.82, 2.24) is 14.7 Å². The van der Waals surface area contributed by atoms with Crippen LogP contribution in [0.25, 0.3) is 5.69 Å². The van der Waals surface area contributed by atoms with E-state index in [1.54, 1.807) is 10.7 Å². The maximum Gasteiger partial charge on any atom is 0.414 e. The molecule has 2 aromatic rings. The number of carbonyl (C=O) groups is 2. The van der Waals surface area contributed by atoms with Crippen LogP contribution in [0.1, 0.15) is 19.3 Å². The number of nitrogens with one attached hydrogen (secondary N) is 1. The molecule has 1 aliphatic rings. The number of benzene rings is 1. The summed E-state index contributed by atoms with van der Waals surface area (Å²) in [6.07, 6.45) is 5.94. The molecule has 0 bridgehead atoms. The number of rotatable bonds is 5. The van der Waals surface area contributed by atoms with Crippen molar-refractivity contribution in [2.75, 3.05) is 31.5 Å². The zero-order chi connectivity index (χ0) is 20.5. The number of halogens is 2. The molecule has 3 rings (SSSR count). The van der Waals surface area contributed by atoms with Gasteiger partial charge in [0.2, 0.25) is 0 Å². The van der Waals surface area contributed by atoms with E-state index in [9.17, 15) is 0 Å². The molecule has 0 amide bonds. The Hall–Kier alpha value is -2.29. The molecule has 0 spiro atoms. The third-order valence-electron chi connectivity index (χ3n) is 4.12. The topological polar surface area (TPSA) is 108 Å². The molecule has 152 valence electrons. The number of piperidine rings is 1. The number of anilines is 1. The molecule has 1 aromatic heterocycles. The number of aromatic nitrogens is 2. The lowest BCUT2D eigenvalue weighted by atomic mass is 10.1.